The molecule has 2 fully saturated rings. The van der Waals surface area contributed by atoms with Gasteiger partial charge < -0.3 is 44.5 Å². The molecule has 1 aromatic carbocycles. The summed E-state index contributed by atoms with van der Waals surface area (Å²) in [6.45, 7) is 3.97. The van der Waals surface area contributed by atoms with E-state index in [4.69, 9.17) is 18.9 Å². The molecule has 2 aliphatic heterocycles. The van der Waals surface area contributed by atoms with Gasteiger partial charge in [-0.15, -0.1) is 0 Å². The molecule has 2 aromatic heterocycles. The zero-order chi connectivity index (χ0) is 35.6. The number of amides is 3. The highest BCUT2D eigenvalue weighted by Gasteiger charge is 2.55. The lowest BCUT2D eigenvalue weighted by Gasteiger charge is -2.45. The number of methoxy groups -OCH3 is 1. The van der Waals surface area contributed by atoms with Crippen LogP contribution in [0.25, 0.3) is 11.2 Å². The number of nitrogens with zero attached hydrogens (tertiary/aromatic N) is 5. The number of hydrogen-bond acceptors (Lipinski definition) is 14. The minimum atomic E-state index is -1.57. The third kappa shape index (κ3) is 7.19. The minimum absolute atomic E-state index is 0.112. The number of rotatable bonds is 10. The third-order valence-corrected chi connectivity index (χ3v) is 7.76. The fraction of sp³-hybridized carbons (Fsp3) is 0.500. The fourth-order valence-corrected chi connectivity index (χ4v) is 5.47. The first-order valence-electron chi connectivity index (χ1n) is 15.2. The highest BCUT2D eigenvalue weighted by Crippen LogP contribution is 2.35. The number of aliphatic hydroxyl groups is 3. The summed E-state index contributed by atoms with van der Waals surface area (Å²) in [4.78, 5) is 75.3. The number of aromatic nitrogens is 4. The Labute approximate surface area is 278 Å². The number of imidazole rings is 1. The Balaban J connectivity index is 1.50. The van der Waals surface area contributed by atoms with Gasteiger partial charge in [-0.2, -0.15) is 4.98 Å². The summed E-state index contributed by atoms with van der Waals surface area (Å²) < 4.78 is 22.9. The molecule has 19 nitrogen and oxygen atoms in total. The largest absolute Gasteiger partial charge is 0.467 e. The first kappa shape index (κ1) is 35.2. The van der Waals surface area contributed by atoms with Gasteiger partial charge in [-0.3, -0.25) is 24.0 Å². The normalized spacial score (nSPS) is 23.6. The van der Waals surface area contributed by atoms with Gasteiger partial charge in [0, 0.05) is 13.1 Å². The highest BCUT2D eigenvalue weighted by atomic mass is 16.6. The number of alkyl carbamates (subject to hydrolysis) is 1. The van der Waals surface area contributed by atoms with Crippen LogP contribution in [0.2, 0.25) is 0 Å². The smallest absolute Gasteiger partial charge is 0.414 e. The van der Waals surface area contributed by atoms with E-state index >= 15 is 0 Å². The van der Waals surface area contributed by atoms with Crippen molar-refractivity contribution in [1.29, 1.82) is 0 Å². The second-order valence-electron chi connectivity index (χ2n) is 12.2. The maximum Gasteiger partial charge on any atom is 0.414 e. The summed E-state index contributed by atoms with van der Waals surface area (Å²) in [5.74, 6) is -2.17. The predicted octanol–water partition coefficient (Wildman–Crippen LogP) is -0.597. The van der Waals surface area contributed by atoms with Gasteiger partial charge in [0.25, 0.3) is 5.56 Å². The van der Waals surface area contributed by atoms with E-state index in [-0.39, 0.29) is 30.9 Å². The number of carbonyl (C=O) groups is 4. The number of carbonyl (C=O) groups excluding carboxylic acids is 4. The van der Waals surface area contributed by atoms with Gasteiger partial charge in [0.05, 0.1) is 20.0 Å². The molecule has 6 atom stereocenters. The summed E-state index contributed by atoms with van der Waals surface area (Å²) in [5.41, 5.74) is -1.66. The van der Waals surface area contributed by atoms with E-state index in [0.29, 0.717) is 5.56 Å². The van der Waals surface area contributed by atoms with Crippen LogP contribution in [0.5, 0.6) is 0 Å². The minimum Gasteiger partial charge on any atom is -0.467 e. The molecule has 3 amide bonds. The van der Waals surface area contributed by atoms with E-state index in [2.05, 4.69) is 20.6 Å². The Morgan fingerprint density at radius 3 is 2.41 bits per heavy atom. The maximum absolute atomic E-state index is 14.0. The van der Waals surface area contributed by atoms with Crippen molar-refractivity contribution in [3.05, 3.63) is 52.6 Å². The fourth-order valence-electron chi connectivity index (χ4n) is 5.47. The zero-order valence-corrected chi connectivity index (χ0v) is 27.0. The molecule has 4 heterocycles. The summed E-state index contributed by atoms with van der Waals surface area (Å²) in [7, 11) is 1.09. The second-order valence-corrected chi connectivity index (χ2v) is 12.2. The van der Waals surface area contributed by atoms with Crippen molar-refractivity contribution in [2.75, 3.05) is 32.1 Å². The monoisotopic (exact) mass is 687 g/mol. The van der Waals surface area contributed by atoms with E-state index in [9.17, 15) is 39.3 Å². The number of hydrogen-bond donors (Lipinski definition) is 5. The van der Waals surface area contributed by atoms with Crippen LogP contribution in [0.1, 0.15) is 38.6 Å². The van der Waals surface area contributed by atoms with Gasteiger partial charge in [0.2, 0.25) is 11.9 Å². The lowest BCUT2D eigenvalue weighted by Crippen LogP contribution is -2.67. The molecule has 0 aliphatic carbocycles. The van der Waals surface area contributed by atoms with Crippen molar-refractivity contribution in [2.45, 2.75) is 69.6 Å². The maximum atomic E-state index is 14.0. The Morgan fingerprint density at radius 1 is 1.06 bits per heavy atom. The molecule has 2 saturated heterocycles. The average Bonchev–Trinajstić information content (AvgIpc) is 3.60. The summed E-state index contributed by atoms with van der Waals surface area (Å²) in [5, 5.41) is 35.3. The molecule has 3 aromatic rings. The molecule has 0 radical (unpaired) electrons. The van der Waals surface area contributed by atoms with Crippen LogP contribution < -0.4 is 16.2 Å². The molecular formula is C30H37N7O12. The number of fused-ring (bicyclic) bond motifs is 1. The number of ether oxygens (including phenoxy) is 4. The third-order valence-electron chi connectivity index (χ3n) is 7.76. The summed E-state index contributed by atoms with van der Waals surface area (Å²) >= 11 is 0. The number of aliphatic hydroxyl groups excluding tert-OH is 3. The Kier molecular flexibility index (Phi) is 10.2. The first-order chi connectivity index (χ1) is 23.2. The van der Waals surface area contributed by atoms with Crippen molar-refractivity contribution in [3.63, 3.8) is 0 Å². The van der Waals surface area contributed by atoms with Crippen LogP contribution in [0, 0.1) is 0 Å². The summed E-state index contributed by atoms with van der Waals surface area (Å²) in [6, 6.07) is 5.74. The number of benzene rings is 1. The molecule has 0 bridgehead atoms. The number of anilines is 1. The Hall–Kier alpha value is -5.11. The second kappa shape index (κ2) is 14.2. The van der Waals surface area contributed by atoms with Gasteiger partial charge in [0.1, 0.15) is 30.5 Å². The molecule has 2 aliphatic rings. The molecule has 19 heteroatoms. The lowest BCUT2D eigenvalue weighted by molar-refractivity contribution is -0.171. The average molecular weight is 688 g/mol. The van der Waals surface area contributed by atoms with Crippen molar-refractivity contribution >= 4 is 41.2 Å². The van der Waals surface area contributed by atoms with Crippen LogP contribution >= 0.6 is 0 Å². The molecular weight excluding hydrogens is 650 g/mol. The number of β-lactam (4-membered cyclic amide) rings is 1. The molecule has 0 spiro atoms. The Morgan fingerprint density at radius 2 is 1.78 bits per heavy atom. The number of nitrogens with one attached hydrogen (secondary N) is 2. The summed E-state index contributed by atoms with van der Waals surface area (Å²) in [6.07, 6.45) is -6.28. The molecule has 0 saturated carbocycles. The standard InChI is InChI=1S/C30H37N7O12/c1-30(2,3)49-28(44)31-10-11-35-19(26(43)46-4)18(24(35)42)37-23(41)17-22(36(14-32-17)25-21(40)20(39)16(12-38)48-25)33-27(37)34-29(45)47-13-15-8-6-5-7-9-15/h5-9,14,16,18-21,25,38-40H,10-13H2,1-4H3,(H,31,44)(H,33,34,45)/t16-,18?,19?,20-,21-,25-/m1/s1. The number of likely N-dealkylation sites (tertiary alicyclic amines) is 1. The highest BCUT2D eigenvalue weighted by molar-refractivity contribution is 5.99. The van der Waals surface area contributed by atoms with Crippen LogP contribution in [0.4, 0.5) is 15.5 Å². The van der Waals surface area contributed by atoms with E-state index in [1.54, 1.807) is 51.1 Å². The SMILES string of the molecule is COC(=O)C1C(n2c(NC(=O)OCc3ccccc3)nc3c(ncn3[C@@H]3O[C@H](CO)[C@@H](O)[C@H]3O)c2=O)C(=O)N1CCNC(=O)OC(C)(C)C. The van der Waals surface area contributed by atoms with E-state index < -0.39 is 84.4 Å². The van der Waals surface area contributed by atoms with Gasteiger partial charge in [0.15, 0.2) is 29.5 Å². The van der Waals surface area contributed by atoms with Gasteiger partial charge in [-0.1, -0.05) is 30.3 Å². The molecule has 5 N–H and O–H groups in total. The van der Waals surface area contributed by atoms with Crippen LogP contribution in [-0.2, 0) is 35.1 Å². The topological polar surface area (TPSA) is 246 Å². The quantitative estimate of drug-likeness (QED) is 0.102. The van der Waals surface area contributed by atoms with E-state index in [1.165, 1.54) is 0 Å². The van der Waals surface area contributed by atoms with E-state index in [0.717, 1.165) is 27.5 Å². The van der Waals surface area contributed by atoms with Crippen LogP contribution in [-0.4, -0.2) is 120 Å². The Bertz CT molecular complexity index is 1770. The molecule has 264 valence electrons. The van der Waals surface area contributed by atoms with Gasteiger partial charge in [-0.25, -0.2) is 19.4 Å². The zero-order valence-electron chi connectivity index (χ0n) is 27.0. The van der Waals surface area contributed by atoms with Crippen molar-refractivity contribution in [2.24, 2.45) is 0 Å². The van der Waals surface area contributed by atoms with Crippen molar-refractivity contribution in [1.82, 2.24) is 29.3 Å². The molecule has 49 heavy (non-hydrogen) atoms. The molecule has 5 rings (SSSR count). The molecule has 2 unspecified atom stereocenters. The number of esters is 1. The lowest BCUT2D eigenvalue weighted by atomic mass is 9.94. The van der Waals surface area contributed by atoms with E-state index in [1.807, 2.05) is 0 Å². The van der Waals surface area contributed by atoms with Crippen LogP contribution in [0.3, 0.4) is 0 Å². The first-order valence-corrected chi connectivity index (χ1v) is 15.2. The van der Waals surface area contributed by atoms with Crippen LogP contribution in [0.15, 0.2) is 41.5 Å². The van der Waals surface area contributed by atoms with Gasteiger partial charge in [-0.05, 0) is 26.3 Å². The van der Waals surface area contributed by atoms with Crippen molar-refractivity contribution < 1.29 is 53.4 Å². The van der Waals surface area contributed by atoms with Crippen molar-refractivity contribution in [3.8, 4) is 0 Å². The predicted molar refractivity (Wildman–Crippen MR) is 166 cm³/mol. The van der Waals surface area contributed by atoms with Gasteiger partial charge >= 0.3 is 18.2 Å².